The largest absolute Gasteiger partial charge is 0.496 e. The molecule has 3 rings (SSSR count). The number of para-hydroxylation sites is 2. The number of benzene rings is 2. The van der Waals surface area contributed by atoms with Gasteiger partial charge in [0.1, 0.15) is 12.4 Å². The number of likely N-dealkylation sites (N-methyl/N-ethyl adjacent to an activating group) is 1. The third-order valence-electron chi connectivity index (χ3n) is 5.65. The first-order valence-electron chi connectivity index (χ1n) is 10.6. The van der Waals surface area contributed by atoms with Crippen LogP contribution in [0.25, 0.3) is 0 Å². The summed E-state index contributed by atoms with van der Waals surface area (Å²) in [6.07, 6.45) is 1.23. The van der Waals surface area contributed by atoms with E-state index in [1.165, 1.54) is 7.11 Å². The van der Waals surface area contributed by atoms with Crippen LogP contribution in [0.15, 0.2) is 42.5 Å². The van der Waals surface area contributed by atoms with Gasteiger partial charge in [-0.05, 0) is 43.2 Å². The Hall–Kier alpha value is -2.93. The molecule has 172 valence electrons. The molecule has 0 atom stereocenters. The fourth-order valence-corrected chi connectivity index (χ4v) is 3.97. The quantitative estimate of drug-likeness (QED) is 0.600. The van der Waals surface area contributed by atoms with Gasteiger partial charge < -0.3 is 24.0 Å². The van der Waals surface area contributed by atoms with Crippen LogP contribution in [0, 0.1) is 5.92 Å². The molecule has 0 spiro atoms. The Morgan fingerprint density at radius 1 is 1.03 bits per heavy atom. The molecule has 1 saturated heterocycles. The summed E-state index contributed by atoms with van der Waals surface area (Å²) in [6.45, 7) is 1.86. The average molecular weight is 461 g/mol. The predicted molar refractivity (Wildman–Crippen MR) is 123 cm³/mol. The summed E-state index contributed by atoms with van der Waals surface area (Å²) in [4.78, 5) is 29.2. The lowest BCUT2D eigenvalue weighted by atomic mass is 9.95. The van der Waals surface area contributed by atoms with Crippen LogP contribution in [-0.2, 0) is 4.79 Å². The zero-order chi connectivity index (χ0) is 23.1. The fourth-order valence-electron chi connectivity index (χ4n) is 3.80. The number of halogens is 1. The number of rotatable bonds is 8. The molecular weight excluding hydrogens is 432 g/mol. The number of hydrogen-bond acceptors (Lipinski definition) is 5. The maximum absolute atomic E-state index is 12.9. The zero-order valence-corrected chi connectivity index (χ0v) is 19.4. The van der Waals surface area contributed by atoms with Crippen molar-refractivity contribution >= 4 is 23.4 Å². The third-order valence-corrected chi connectivity index (χ3v) is 5.89. The van der Waals surface area contributed by atoms with Crippen LogP contribution in [0.3, 0.4) is 0 Å². The molecule has 2 aromatic rings. The lowest BCUT2D eigenvalue weighted by Gasteiger charge is -2.33. The number of ether oxygens (including phenoxy) is 3. The molecule has 1 aliphatic rings. The fraction of sp³-hybridized carbons (Fsp3) is 0.417. The Bertz CT molecular complexity index is 944. The lowest BCUT2D eigenvalue weighted by Crippen LogP contribution is -2.44. The minimum Gasteiger partial charge on any atom is -0.496 e. The summed E-state index contributed by atoms with van der Waals surface area (Å²) in [5.41, 5.74) is 0.440. The van der Waals surface area contributed by atoms with Crippen LogP contribution < -0.4 is 14.2 Å². The lowest BCUT2D eigenvalue weighted by molar-refractivity contribution is -0.135. The minimum absolute atomic E-state index is 0.0704. The van der Waals surface area contributed by atoms with Gasteiger partial charge in [0.15, 0.2) is 11.5 Å². The molecule has 2 amide bonds. The molecule has 0 radical (unpaired) electrons. The van der Waals surface area contributed by atoms with Crippen LogP contribution >= 0.6 is 11.6 Å². The number of carbonyl (C=O) groups is 2. The Labute approximate surface area is 193 Å². The molecule has 1 heterocycles. The van der Waals surface area contributed by atoms with Crippen LogP contribution in [0.1, 0.15) is 23.2 Å². The number of hydrogen-bond donors (Lipinski definition) is 0. The van der Waals surface area contributed by atoms with Gasteiger partial charge in [-0.3, -0.25) is 9.59 Å². The molecule has 0 unspecified atom stereocenters. The number of likely N-dealkylation sites (tertiary alicyclic amines) is 1. The monoisotopic (exact) mass is 460 g/mol. The molecule has 0 aliphatic carbocycles. The first-order chi connectivity index (χ1) is 15.4. The molecule has 0 N–H and O–H groups in total. The summed E-state index contributed by atoms with van der Waals surface area (Å²) in [5, 5.41) is 0.483. The van der Waals surface area contributed by atoms with Gasteiger partial charge in [0.25, 0.3) is 5.91 Å². The number of piperidine rings is 1. The Balaban J connectivity index is 1.49. The van der Waals surface area contributed by atoms with Crippen molar-refractivity contribution in [1.82, 2.24) is 9.80 Å². The predicted octanol–water partition coefficient (Wildman–Crippen LogP) is 3.75. The van der Waals surface area contributed by atoms with Gasteiger partial charge in [-0.1, -0.05) is 23.7 Å². The van der Waals surface area contributed by atoms with Gasteiger partial charge in [0.05, 0.1) is 26.3 Å². The van der Waals surface area contributed by atoms with Gasteiger partial charge in [-0.15, -0.1) is 0 Å². The number of methoxy groups -OCH3 is 2. The first kappa shape index (κ1) is 23.7. The van der Waals surface area contributed by atoms with Gasteiger partial charge in [-0.2, -0.15) is 0 Å². The van der Waals surface area contributed by atoms with Crippen molar-refractivity contribution in [3.8, 4) is 17.2 Å². The van der Waals surface area contributed by atoms with Crippen molar-refractivity contribution in [2.24, 2.45) is 5.92 Å². The van der Waals surface area contributed by atoms with Gasteiger partial charge in [-0.25, -0.2) is 0 Å². The summed E-state index contributed by atoms with van der Waals surface area (Å²) in [5.74, 6) is 1.63. The molecule has 1 fully saturated rings. The molecule has 0 saturated carbocycles. The minimum atomic E-state index is -0.131. The summed E-state index contributed by atoms with van der Waals surface area (Å²) < 4.78 is 16.3. The van der Waals surface area contributed by atoms with E-state index >= 15 is 0 Å². The Morgan fingerprint density at radius 2 is 1.69 bits per heavy atom. The second-order valence-corrected chi connectivity index (χ2v) is 8.11. The standard InChI is InChI=1S/C24H29ClN2O5/c1-26(14-15-32-22-7-5-4-6-21(22)31-3)23(28)17-10-12-27(13-11-17)24(29)19-16-18(25)8-9-20(19)30-2/h4-9,16-17H,10-15H2,1-3H3. The van der Waals surface area contributed by atoms with E-state index in [4.69, 9.17) is 25.8 Å². The van der Waals surface area contributed by atoms with Crippen molar-refractivity contribution in [3.63, 3.8) is 0 Å². The highest BCUT2D eigenvalue weighted by Crippen LogP contribution is 2.28. The Morgan fingerprint density at radius 3 is 2.34 bits per heavy atom. The van der Waals surface area contributed by atoms with Crippen LogP contribution in [0.4, 0.5) is 0 Å². The number of carbonyl (C=O) groups excluding carboxylic acids is 2. The van der Waals surface area contributed by atoms with Crippen molar-refractivity contribution in [2.45, 2.75) is 12.8 Å². The van der Waals surface area contributed by atoms with E-state index in [9.17, 15) is 9.59 Å². The zero-order valence-electron chi connectivity index (χ0n) is 18.7. The smallest absolute Gasteiger partial charge is 0.257 e. The van der Waals surface area contributed by atoms with Crippen molar-refractivity contribution in [2.75, 3.05) is 47.5 Å². The SMILES string of the molecule is COc1ccccc1OCCN(C)C(=O)C1CCN(C(=O)c2cc(Cl)ccc2OC)CC1. The van der Waals surface area contributed by atoms with Gasteiger partial charge in [0, 0.05) is 31.1 Å². The van der Waals surface area contributed by atoms with E-state index in [-0.39, 0.29) is 17.7 Å². The van der Waals surface area contributed by atoms with E-state index in [0.717, 1.165) is 0 Å². The number of nitrogens with zero attached hydrogens (tertiary/aromatic N) is 2. The van der Waals surface area contributed by atoms with E-state index in [1.807, 2.05) is 24.3 Å². The number of amides is 2. The van der Waals surface area contributed by atoms with E-state index in [1.54, 1.807) is 42.2 Å². The summed E-state index contributed by atoms with van der Waals surface area (Å²) >= 11 is 6.06. The molecule has 0 aromatic heterocycles. The van der Waals surface area contributed by atoms with Crippen LogP contribution in [0.2, 0.25) is 5.02 Å². The molecule has 8 heteroatoms. The van der Waals surface area contributed by atoms with Gasteiger partial charge >= 0.3 is 0 Å². The summed E-state index contributed by atoms with van der Waals surface area (Å²) in [6, 6.07) is 12.4. The second-order valence-electron chi connectivity index (χ2n) is 7.67. The normalized spacial score (nSPS) is 14.1. The van der Waals surface area contributed by atoms with Crippen LogP contribution in [-0.4, -0.2) is 69.1 Å². The molecule has 32 heavy (non-hydrogen) atoms. The molecule has 2 aromatic carbocycles. The average Bonchev–Trinajstić information content (AvgIpc) is 2.83. The highest BCUT2D eigenvalue weighted by Gasteiger charge is 2.30. The molecular formula is C24H29ClN2O5. The third kappa shape index (κ3) is 5.65. The van der Waals surface area contributed by atoms with Crippen LogP contribution in [0.5, 0.6) is 17.2 Å². The second kappa shape index (κ2) is 11.1. The topological polar surface area (TPSA) is 68.3 Å². The van der Waals surface area contributed by atoms with Crippen molar-refractivity contribution in [3.05, 3.63) is 53.1 Å². The first-order valence-corrected chi connectivity index (χ1v) is 11.0. The maximum Gasteiger partial charge on any atom is 0.257 e. The molecule has 0 bridgehead atoms. The highest BCUT2D eigenvalue weighted by atomic mass is 35.5. The summed E-state index contributed by atoms with van der Waals surface area (Å²) in [7, 11) is 4.90. The molecule has 7 nitrogen and oxygen atoms in total. The molecule has 1 aliphatic heterocycles. The van der Waals surface area contributed by atoms with E-state index in [0.29, 0.717) is 66.9 Å². The van der Waals surface area contributed by atoms with Crippen molar-refractivity contribution < 1.29 is 23.8 Å². The van der Waals surface area contributed by atoms with Gasteiger partial charge in [0.2, 0.25) is 5.91 Å². The Kier molecular flexibility index (Phi) is 8.22. The van der Waals surface area contributed by atoms with E-state index < -0.39 is 0 Å². The maximum atomic E-state index is 12.9. The van der Waals surface area contributed by atoms with E-state index in [2.05, 4.69) is 0 Å². The van der Waals surface area contributed by atoms with Crippen molar-refractivity contribution in [1.29, 1.82) is 0 Å². The highest BCUT2D eigenvalue weighted by molar-refractivity contribution is 6.31.